The molecule has 4 nitrogen and oxygen atoms in total. The molecular formula is C10H10FNO3. The van der Waals surface area contributed by atoms with Crippen LogP contribution in [0.4, 0.5) is 10.1 Å². The van der Waals surface area contributed by atoms with Crippen molar-refractivity contribution in [2.45, 2.75) is 13.3 Å². The van der Waals surface area contributed by atoms with E-state index in [2.05, 4.69) is 5.32 Å². The van der Waals surface area contributed by atoms with E-state index in [1.54, 1.807) is 13.0 Å². The average molecular weight is 211 g/mol. The van der Waals surface area contributed by atoms with Crippen molar-refractivity contribution in [2.24, 2.45) is 0 Å². The maximum absolute atomic E-state index is 13.1. The van der Waals surface area contributed by atoms with Gasteiger partial charge in [-0.25, -0.2) is 4.39 Å². The van der Waals surface area contributed by atoms with Crippen LogP contribution in [0, 0.1) is 12.7 Å². The van der Waals surface area contributed by atoms with Crippen molar-refractivity contribution in [3.63, 3.8) is 0 Å². The fourth-order valence-electron chi connectivity index (χ4n) is 1.07. The van der Waals surface area contributed by atoms with Crippen LogP contribution in [-0.2, 0) is 9.59 Å². The molecular weight excluding hydrogens is 201 g/mol. The molecule has 0 unspecified atom stereocenters. The summed E-state index contributed by atoms with van der Waals surface area (Å²) in [6.07, 6.45) is -0.673. The lowest BCUT2D eigenvalue weighted by atomic mass is 10.2. The van der Waals surface area contributed by atoms with Gasteiger partial charge in [0, 0.05) is 0 Å². The quantitative estimate of drug-likeness (QED) is 0.745. The third kappa shape index (κ3) is 3.38. The van der Waals surface area contributed by atoms with Crippen molar-refractivity contribution in [3.05, 3.63) is 29.6 Å². The van der Waals surface area contributed by atoms with Gasteiger partial charge in [0.1, 0.15) is 12.2 Å². The second kappa shape index (κ2) is 4.54. The van der Waals surface area contributed by atoms with E-state index in [0.717, 1.165) is 5.56 Å². The largest absolute Gasteiger partial charge is 0.481 e. The molecule has 0 fully saturated rings. The van der Waals surface area contributed by atoms with Gasteiger partial charge in [-0.2, -0.15) is 0 Å². The Kier molecular flexibility index (Phi) is 3.38. The highest BCUT2D eigenvalue weighted by molar-refractivity contribution is 6.01. The van der Waals surface area contributed by atoms with Crippen molar-refractivity contribution in [1.82, 2.24) is 0 Å². The van der Waals surface area contributed by atoms with Gasteiger partial charge in [-0.15, -0.1) is 0 Å². The van der Waals surface area contributed by atoms with E-state index in [-0.39, 0.29) is 5.69 Å². The molecule has 0 saturated carbocycles. The Balaban J connectivity index is 2.76. The van der Waals surface area contributed by atoms with Crippen LogP contribution in [-0.4, -0.2) is 17.0 Å². The number of carbonyl (C=O) groups excluding carboxylic acids is 1. The summed E-state index contributed by atoms with van der Waals surface area (Å²) >= 11 is 0. The van der Waals surface area contributed by atoms with E-state index in [0.29, 0.717) is 0 Å². The Morgan fingerprint density at radius 1 is 1.47 bits per heavy atom. The fourth-order valence-corrected chi connectivity index (χ4v) is 1.07. The summed E-state index contributed by atoms with van der Waals surface area (Å²) in [6.45, 7) is 1.74. The van der Waals surface area contributed by atoms with Crippen LogP contribution < -0.4 is 5.32 Å². The zero-order valence-electron chi connectivity index (χ0n) is 8.08. The molecule has 1 rings (SSSR count). The van der Waals surface area contributed by atoms with E-state index in [1.165, 1.54) is 12.1 Å². The van der Waals surface area contributed by atoms with Crippen LogP contribution >= 0.6 is 0 Å². The monoisotopic (exact) mass is 211 g/mol. The Hall–Kier alpha value is -1.91. The second-order valence-corrected chi connectivity index (χ2v) is 3.10. The van der Waals surface area contributed by atoms with E-state index in [9.17, 15) is 14.0 Å². The summed E-state index contributed by atoms with van der Waals surface area (Å²) < 4.78 is 13.1. The summed E-state index contributed by atoms with van der Waals surface area (Å²) in [5.74, 6) is -2.58. The van der Waals surface area contributed by atoms with Gasteiger partial charge in [-0.1, -0.05) is 6.07 Å². The first kappa shape index (κ1) is 11.2. The number of halogens is 1. The lowest BCUT2D eigenvalue weighted by Crippen LogP contribution is -2.16. The molecule has 0 spiro atoms. The first-order valence-corrected chi connectivity index (χ1v) is 4.27. The third-order valence-electron chi connectivity index (χ3n) is 1.71. The van der Waals surface area contributed by atoms with E-state index in [4.69, 9.17) is 5.11 Å². The number of nitrogens with one attached hydrogen (secondary N) is 1. The zero-order valence-corrected chi connectivity index (χ0v) is 8.08. The molecule has 1 aromatic rings. The number of hydrogen-bond donors (Lipinski definition) is 2. The average Bonchev–Trinajstić information content (AvgIpc) is 2.10. The molecule has 0 aliphatic carbocycles. The highest BCUT2D eigenvalue weighted by Crippen LogP contribution is 2.15. The molecule has 15 heavy (non-hydrogen) atoms. The van der Waals surface area contributed by atoms with E-state index in [1.807, 2.05) is 0 Å². The number of benzene rings is 1. The Labute approximate surface area is 85.7 Å². The maximum atomic E-state index is 13.1. The van der Waals surface area contributed by atoms with Crippen LogP contribution in [0.1, 0.15) is 12.0 Å². The van der Waals surface area contributed by atoms with Gasteiger partial charge in [0.05, 0.1) is 5.69 Å². The van der Waals surface area contributed by atoms with Crippen LogP contribution in [0.15, 0.2) is 18.2 Å². The summed E-state index contributed by atoms with van der Waals surface area (Å²) in [5, 5.41) is 10.5. The van der Waals surface area contributed by atoms with Gasteiger partial charge in [0.2, 0.25) is 5.91 Å². The van der Waals surface area contributed by atoms with Gasteiger partial charge in [0.15, 0.2) is 0 Å². The number of amides is 1. The molecule has 2 N–H and O–H groups in total. The number of rotatable bonds is 3. The maximum Gasteiger partial charge on any atom is 0.312 e. The van der Waals surface area contributed by atoms with E-state index >= 15 is 0 Å². The van der Waals surface area contributed by atoms with Gasteiger partial charge in [-0.05, 0) is 24.6 Å². The SMILES string of the molecule is Cc1ccc(F)c(NC(=O)CC(=O)O)c1. The number of anilines is 1. The van der Waals surface area contributed by atoms with Gasteiger partial charge in [-0.3, -0.25) is 9.59 Å². The predicted molar refractivity (Wildman–Crippen MR) is 52.0 cm³/mol. The topological polar surface area (TPSA) is 66.4 Å². The first-order valence-electron chi connectivity index (χ1n) is 4.27. The molecule has 0 bridgehead atoms. The number of carboxylic acids is 1. The summed E-state index contributed by atoms with van der Waals surface area (Å²) in [7, 11) is 0. The van der Waals surface area contributed by atoms with Crippen molar-refractivity contribution < 1.29 is 19.1 Å². The number of hydrogen-bond acceptors (Lipinski definition) is 2. The smallest absolute Gasteiger partial charge is 0.312 e. The Morgan fingerprint density at radius 3 is 2.73 bits per heavy atom. The van der Waals surface area contributed by atoms with Crippen LogP contribution in [0.5, 0.6) is 0 Å². The second-order valence-electron chi connectivity index (χ2n) is 3.10. The molecule has 5 heteroatoms. The van der Waals surface area contributed by atoms with Gasteiger partial charge < -0.3 is 10.4 Å². The summed E-state index contributed by atoms with van der Waals surface area (Å²) in [4.78, 5) is 21.2. The van der Waals surface area contributed by atoms with Crippen LogP contribution in [0.3, 0.4) is 0 Å². The minimum absolute atomic E-state index is 0.00116. The van der Waals surface area contributed by atoms with Crippen LogP contribution in [0.2, 0.25) is 0 Å². The molecule has 0 aliphatic rings. The zero-order chi connectivity index (χ0) is 11.4. The minimum Gasteiger partial charge on any atom is -0.481 e. The van der Waals surface area contributed by atoms with Crippen molar-refractivity contribution in [1.29, 1.82) is 0 Å². The lowest BCUT2D eigenvalue weighted by molar-refractivity contribution is -0.139. The standard InChI is InChI=1S/C10H10FNO3/c1-6-2-3-7(11)8(4-6)12-9(13)5-10(14)15/h2-4H,5H2,1H3,(H,12,13)(H,14,15). The predicted octanol–water partition coefficient (Wildman–Crippen LogP) is 1.55. The van der Waals surface area contributed by atoms with Crippen molar-refractivity contribution in [3.8, 4) is 0 Å². The molecule has 0 aliphatic heterocycles. The Bertz CT molecular complexity index is 404. The number of aryl methyl sites for hydroxylation is 1. The fraction of sp³-hybridized carbons (Fsp3) is 0.200. The van der Waals surface area contributed by atoms with Gasteiger partial charge >= 0.3 is 5.97 Å². The molecule has 80 valence electrons. The Morgan fingerprint density at radius 2 is 2.13 bits per heavy atom. The van der Waals surface area contributed by atoms with Crippen molar-refractivity contribution in [2.75, 3.05) is 5.32 Å². The summed E-state index contributed by atoms with van der Waals surface area (Å²) in [6, 6.07) is 4.21. The van der Waals surface area contributed by atoms with Crippen LogP contribution in [0.25, 0.3) is 0 Å². The molecule has 1 aromatic carbocycles. The molecule has 1 amide bonds. The lowest BCUT2D eigenvalue weighted by Gasteiger charge is -2.05. The highest BCUT2D eigenvalue weighted by Gasteiger charge is 2.10. The molecule has 0 saturated heterocycles. The van der Waals surface area contributed by atoms with Gasteiger partial charge in [0.25, 0.3) is 0 Å². The normalized spacial score (nSPS) is 9.73. The number of carboxylic acid groups (broad SMARTS) is 1. The van der Waals surface area contributed by atoms with Crippen molar-refractivity contribution >= 4 is 17.6 Å². The minimum atomic E-state index is -1.25. The highest BCUT2D eigenvalue weighted by atomic mass is 19.1. The summed E-state index contributed by atoms with van der Waals surface area (Å²) in [5.41, 5.74) is 0.781. The molecule has 0 aromatic heterocycles. The first-order chi connectivity index (χ1) is 6.99. The molecule has 0 radical (unpaired) electrons. The molecule has 0 heterocycles. The molecule has 0 atom stereocenters. The number of carbonyl (C=O) groups is 2. The van der Waals surface area contributed by atoms with E-state index < -0.39 is 24.1 Å². The third-order valence-corrected chi connectivity index (χ3v) is 1.71. The number of aliphatic carboxylic acids is 1.